The Morgan fingerprint density at radius 3 is 1.69 bits per heavy atom. The Morgan fingerprint density at radius 1 is 0.846 bits per heavy atom. The Morgan fingerprint density at radius 2 is 1.31 bits per heavy atom. The third-order valence-electron chi connectivity index (χ3n) is 4.84. The van der Waals surface area contributed by atoms with Crippen LogP contribution in [0.5, 0.6) is 0 Å². The molecule has 0 aliphatic carbocycles. The van der Waals surface area contributed by atoms with E-state index in [-0.39, 0.29) is 11.8 Å². The minimum absolute atomic E-state index is 0.166. The summed E-state index contributed by atoms with van der Waals surface area (Å²) in [6, 6.07) is 18.7. The van der Waals surface area contributed by atoms with Gasteiger partial charge in [0.15, 0.2) is 0 Å². The van der Waals surface area contributed by atoms with Crippen LogP contribution < -0.4 is 15.3 Å². The van der Waals surface area contributed by atoms with Crippen molar-refractivity contribution in [2.75, 3.05) is 23.6 Å². The number of nitrogens with one attached hydrogen (secondary N) is 1. The van der Waals surface area contributed by atoms with Crippen LogP contribution in [0.4, 0.5) is 11.4 Å². The predicted molar refractivity (Wildman–Crippen MR) is 104 cm³/mol. The van der Waals surface area contributed by atoms with Crippen molar-refractivity contribution in [3.05, 3.63) is 60.7 Å². The number of hydrogen-bond donors (Lipinski definition) is 1. The fourth-order valence-corrected chi connectivity index (χ4v) is 3.52. The lowest BCUT2D eigenvalue weighted by atomic mass is 9.81. The van der Waals surface area contributed by atoms with Crippen molar-refractivity contribution in [1.29, 1.82) is 0 Å². The van der Waals surface area contributed by atoms with Gasteiger partial charge in [-0.25, -0.2) is 10.0 Å². The second kappa shape index (κ2) is 7.70. The van der Waals surface area contributed by atoms with E-state index in [2.05, 4.69) is 12.2 Å². The summed E-state index contributed by atoms with van der Waals surface area (Å²) in [4.78, 5) is 27.1. The maximum Gasteiger partial charge on any atom is 0.263 e. The fourth-order valence-electron chi connectivity index (χ4n) is 3.52. The van der Waals surface area contributed by atoms with Crippen molar-refractivity contribution in [3.8, 4) is 0 Å². The number of rotatable bonds is 7. The van der Waals surface area contributed by atoms with Gasteiger partial charge in [-0.3, -0.25) is 9.59 Å². The molecule has 136 valence electrons. The first-order valence-corrected chi connectivity index (χ1v) is 9.09. The smallest absolute Gasteiger partial charge is 0.263 e. The third-order valence-corrected chi connectivity index (χ3v) is 4.84. The molecule has 0 bridgehead atoms. The molecule has 0 unspecified atom stereocenters. The molecule has 26 heavy (non-hydrogen) atoms. The summed E-state index contributed by atoms with van der Waals surface area (Å²) in [5, 5.41) is 6.13. The van der Waals surface area contributed by atoms with Gasteiger partial charge in [-0.1, -0.05) is 56.2 Å². The minimum atomic E-state index is -1.07. The van der Waals surface area contributed by atoms with Crippen molar-refractivity contribution in [2.24, 2.45) is 5.41 Å². The Bertz CT molecular complexity index is 704. The molecule has 1 saturated heterocycles. The van der Waals surface area contributed by atoms with Gasteiger partial charge >= 0.3 is 0 Å². The Hall–Kier alpha value is -2.66. The van der Waals surface area contributed by atoms with E-state index in [1.165, 1.54) is 10.0 Å². The predicted octanol–water partition coefficient (Wildman–Crippen LogP) is 3.38. The van der Waals surface area contributed by atoms with Crippen molar-refractivity contribution < 1.29 is 9.59 Å². The highest BCUT2D eigenvalue weighted by atomic mass is 16.2. The fraction of sp³-hybridized carbons (Fsp3) is 0.333. The van der Waals surface area contributed by atoms with E-state index in [4.69, 9.17) is 0 Å². The number of benzene rings is 2. The summed E-state index contributed by atoms with van der Waals surface area (Å²) < 4.78 is 0. The average Bonchev–Trinajstić information content (AvgIpc) is 2.90. The van der Waals surface area contributed by atoms with Crippen LogP contribution in [0.1, 0.15) is 26.2 Å². The van der Waals surface area contributed by atoms with Crippen LogP contribution in [-0.2, 0) is 9.59 Å². The van der Waals surface area contributed by atoms with E-state index < -0.39 is 5.41 Å². The van der Waals surface area contributed by atoms with Gasteiger partial charge in [0.2, 0.25) is 0 Å². The van der Waals surface area contributed by atoms with Gasteiger partial charge < -0.3 is 5.32 Å². The monoisotopic (exact) mass is 351 g/mol. The number of nitrogens with zero attached hydrogens (tertiary/aromatic N) is 2. The van der Waals surface area contributed by atoms with E-state index in [9.17, 15) is 9.59 Å². The Balaban J connectivity index is 2.13. The molecule has 0 aromatic heterocycles. The lowest BCUT2D eigenvalue weighted by Gasteiger charge is -2.27. The zero-order chi connectivity index (χ0) is 18.6. The van der Waals surface area contributed by atoms with Crippen LogP contribution in [-0.4, -0.2) is 25.4 Å². The number of para-hydroxylation sites is 2. The Kier molecular flexibility index (Phi) is 5.38. The maximum absolute atomic E-state index is 13.5. The maximum atomic E-state index is 13.5. The number of carbonyl (C=O) groups is 2. The second-order valence-corrected chi connectivity index (χ2v) is 6.62. The summed E-state index contributed by atoms with van der Waals surface area (Å²) in [6.07, 6.45) is 2.29. The van der Waals surface area contributed by atoms with Crippen molar-refractivity contribution in [3.63, 3.8) is 0 Å². The number of carbonyl (C=O) groups excluding carboxylic acids is 2. The van der Waals surface area contributed by atoms with Crippen LogP contribution in [0, 0.1) is 5.41 Å². The SMILES string of the molecule is CCCCC1(CNC)C(=O)N(c2ccccc2)N(c2ccccc2)C1=O. The third kappa shape index (κ3) is 2.99. The highest BCUT2D eigenvalue weighted by Crippen LogP contribution is 2.41. The molecule has 0 radical (unpaired) electrons. The van der Waals surface area contributed by atoms with Crippen LogP contribution in [0.2, 0.25) is 0 Å². The average molecular weight is 351 g/mol. The molecule has 3 rings (SSSR count). The van der Waals surface area contributed by atoms with Crippen LogP contribution >= 0.6 is 0 Å². The molecule has 1 fully saturated rings. The van der Waals surface area contributed by atoms with Gasteiger partial charge in [-0.05, 0) is 37.7 Å². The van der Waals surface area contributed by atoms with Crippen molar-refractivity contribution in [1.82, 2.24) is 5.32 Å². The molecule has 2 amide bonds. The van der Waals surface area contributed by atoms with Gasteiger partial charge in [0, 0.05) is 6.54 Å². The number of anilines is 2. The molecule has 1 N–H and O–H groups in total. The molecule has 0 spiro atoms. The zero-order valence-corrected chi connectivity index (χ0v) is 15.3. The molecule has 1 heterocycles. The molecule has 1 aliphatic rings. The molecule has 2 aromatic carbocycles. The lowest BCUT2D eigenvalue weighted by molar-refractivity contribution is -0.135. The van der Waals surface area contributed by atoms with Crippen molar-refractivity contribution in [2.45, 2.75) is 26.2 Å². The minimum Gasteiger partial charge on any atom is -0.318 e. The highest BCUT2D eigenvalue weighted by molar-refractivity contribution is 6.26. The van der Waals surface area contributed by atoms with Gasteiger partial charge in [0.05, 0.1) is 11.4 Å². The van der Waals surface area contributed by atoms with E-state index in [0.717, 1.165) is 12.8 Å². The first-order chi connectivity index (χ1) is 12.7. The van der Waals surface area contributed by atoms with E-state index >= 15 is 0 Å². The summed E-state index contributed by atoms with van der Waals surface area (Å²) in [7, 11) is 1.78. The van der Waals surface area contributed by atoms with Crippen molar-refractivity contribution >= 4 is 23.2 Å². The summed E-state index contributed by atoms with van der Waals surface area (Å²) in [5.41, 5.74) is 0.324. The van der Waals surface area contributed by atoms with Gasteiger partial charge in [0.1, 0.15) is 5.41 Å². The van der Waals surface area contributed by atoms with E-state index in [1.807, 2.05) is 60.7 Å². The quantitative estimate of drug-likeness (QED) is 0.778. The normalized spacial score (nSPS) is 16.4. The molecule has 5 heteroatoms. The van der Waals surface area contributed by atoms with Crippen LogP contribution in [0.25, 0.3) is 0 Å². The van der Waals surface area contributed by atoms with E-state index in [0.29, 0.717) is 24.3 Å². The molecule has 5 nitrogen and oxygen atoms in total. The number of amides is 2. The van der Waals surface area contributed by atoms with E-state index in [1.54, 1.807) is 7.05 Å². The van der Waals surface area contributed by atoms with Gasteiger partial charge in [0.25, 0.3) is 11.8 Å². The topological polar surface area (TPSA) is 52.7 Å². The number of hydrogen-bond acceptors (Lipinski definition) is 3. The number of unbranched alkanes of at least 4 members (excludes halogenated alkanes) is 1. The molecular formula is C21H25N3O2. The summed E-state index contributed by atoms with van der Waals surface area (Å²) in [6.45, 7) is 2.40. The summed E-state index contributed by atoms with van der Waals surface area (Å²) in [5.74, 6) is -0.333. The largest absolute Gasteiger partial charge is 0.318 e. The standard InChI is InChI=1S/C21H25N3O2/c1-3-4-15-21(16-22-2)19(25)23(17-11-7-5-8-12-17)24(20(21)26)18-13-9-6-10-14-18/h5-14,22H,3-4,15-16H2,1-2H3. The molecule has 2 aromatic rings. The number of hydrazine groups is 1. The zero-order valence-electron chi connectivity index (χ0n) is 15.3. The molecule has 1 aliphatic heterocycles. The first-order valence-electron chi connectivity index (χ1n) is 9.09. The van der Waals surface area contributed by atoms with Crippen LogP contribution in [0.3, 0.4) is 0 Å². The molecule has 0 saturated carbocycles. The van der Waals surface area contributed by atoms with Gasteiger partial charge in [-0.15, -0.1) is 0 Å². The molecule has 0 atom stereocenters. The Labute approximate surface area is 154 Å². The highest BCUT2D eigenvalue weighted by Gasteiger charge is 2.58. The van der Waals surface area contributed by atoms with Gasteiger partial charge in [-0.2, -0.15) is 0 Å². The molecular weight excluding hydrogens is 326 g/mol. The van der Waals surface area contributed by atoms with Crippen LogP contribution in [0.15, 0.2) is 60.7 Å². The summed E-state index contributed by atoms with van der Waals surface area (Å²) >= 11 is 0. The first kappa shape index (κ1) is 18.1. The second-order valence-electron chi connectivity index (χ2n) is 6.62. The lowest BCUT2D eigenvalue weighted by Crippen LogP contribution is -2.44.